The summed E-state index contributed by atoms with van der Waals surface area (Å²) in [6.45, 7) is 1.79. The summed E-state index contributed by atoms with van der Waals surface area (Å²) in [7, 11) is 3.55. The summed E-state index contributed by atoms with van der Waals surface area (Å²) >= 11 is 6.47. The number of ether oxygens (including phenoxy) is 2. The third-order valence-corrected chi connectivity index (χ3v) is 6.19. The van der Waals surface area contributed by atoms with Gasteiger partial charge in [-0.15, -0.1) is 0 Å². The van der Waals surface area contributed by atoms with E-state index >= 15 is 0 Å². The minimum atomic E-state index is -0.312. The van der Waals surface area contributed by atoms with Crippen molar-refractivity contribution in [3.05, 3.63) is 82.9 Å². The number of hydrogen-bond acceptors (Lipinski definition) is 9. The number of methoxy groups -OCH3 is 1. The van der Waals surface area contributed by atoms with Gasteiger partial charge in [0.25, 0.3) is 0 Å². The van der Waals surface area contributed by atoms with Gasteiger partial charge in [0.2, 0.25) is 5.96 Å². The van der Waals surface area contributed by atoms with Gasteiger partial charge in [-0.2, -0.15) is 5.10 Å². The zero-order valence-corrected chi connectivity index (χ0v) is 21.5. The fourth-order valence-corrected chi connectivity index (χ4v) is 4.15. The fourth-order valence-electron chi connectivity index (χ4n) is 3.91. The molecule has 0 saturated heterocycles. The molecule has 1 aliphatic rings. The summed E-state index contributed by atoms with van der Waals surface area (Å²) in [4.78, 5) is 15.2. The predicted octanol–water partition coefficient (Wildman–Crippen LogP) is 4.98. The van der Waals surface area contributed by atoms with E-state index in [1.54, 1.807) is 37.6 Å². The molecular weight excluding hydrogens is 509 g/mol. The van der Waals surface area contributed by atoms with Crippen molar-refractivity contribution in [2.24, 2.45) is 10.1 Å². The van der Waals surface area contributed by atoms with Crippen LogP contribution in [0, 0.1) is 5.82 Å². The van der Waals surface area contributed by atoms with Gasteiger partial charge < -0.3 is 19.7 Å². The monoisotopic (exact) mass is 533 g/mol. The number of halogens is 2. The lowest BCUT2D eigenvalue weighted by molar-refractivity contribution is 0.306. The van der Waals surface area contributed by atoms with Crippen molar-refractivity contribution in [1.82, 2.24) is 20.3 Å². The fraction of sp³-hybridized carbons (Fsp3) is 0.185. The van der Waals surface area contributed by atoms with Crippen LogP contribution < -0.4 is 20.2 Å². The highest BCUT2D eigenvalue weighted by Gasteiger charge is 2.13. The molecule has 3 aromatic carbocycles. The zero-order valence-electron chi connectivity index (χ0n) is 20.8. The topological polar surface area (TPSA) is 96.3 Å². The number of nitrogens with zero attached hydrogens (tertiary/aromatic N) is 5. The molecule has 9 nitrogen and oxygen atoms in total. The Morgan fingerprint density at radius 3 is 2.79 bits per heavy atom. The number of likely N-dealkylation sites (N-methyl/N-ethyl adjacent to an activating group) is 1. The molecule has 0 fully saturated rings. The van der Waals surface area contributed by atoms with E-state index in [1.807, 2.05) is 30.1 Å². The van der Waals surface area contributed by atoms with Crippen LogP contribution in [0.25, 0.3) is 10.9 Å². The maximum absolute atomic E-state index is 13.4. The third kappa shape index (κ3) is 5.76. The molecule has 2 heterocycles. The van der Waals surface area contributed by atoms with E-state index in [9.17, 15) is 4.39 Å². The molecule has 0 saturated carbocycles. The van der Waals surface area contributed by atoms with Crippen LogP contribution in [0.2, 0.25) is 5.02 Å². The summed E-state index contributed by atoms with van der Waals surface area (Å²) < 4.78 is 24.8. The number of benzene rings is 3. The molecule has 194 valence electrons. The lowest BCUT2D eigenvalue weighted by Crippen LogP contribution is -2.32. The Balaban J connectivity index is 1.35. The Labute approximate surface area is 224 Å². The Morgan fingerprint density at radius 1 is 1.13 bits per heavy atom. The molecule has 0 bridgehead atoms. The standard InChI is InChI=1S/C27H25ClFN7O2/c1-36-9-8-30-27(36)35-33-14-18-11-21-23(13-25(18)37-2)31-16-32-26(21)34-20-6-7-24(22(28)12-20)38-15-17-4-3-5-19(29)10-17/h3-7,10-14,16H,8-9,15H2,1-2H3,(H,30,35)(H,31,32,34). The number of nitrogens with one attached hydrogen (secondary N) is 2. The minimum Gasteiger partial charge on any atom is -0.496 e. The molecule has 1 aromatic heterocycles. The zero-order chi connectivity index (χ0) is 26.5. The van der Waals surface area contributed by atoms with Crippen LogP contribution in [0.5, 0.6) is 11.5 Å². The summed E-state index contributed by atoms with van der Waals surface area (Å²) in [6.07, 6.45) is 3.15. The summed E-state index contributed by atoms with van der Waals surface area (Å²) in [5, 5.41) is 8.81. The Bertz CT molecular complexity index is 1530. The van der Waals surface area contributed by atoms with Gasteiger partial charge in [-0.05, 0) is 42.0 Å². The number of fused-ring (bicyclic) bond motifs is 1. The highest BCUT2D eigenvalue weighted by Crippen LogP contribution is 2.32. The SMILES string of the molecule is COc1cc2ncnc(Nc3ccc(OCc4cccc(F)c4)c(Cl)c3)c2cc1C=NNC1=NCCN1C. The molecular formula is C27H25ClFN7O2. The van der Waals surface area contributed by atoms with Crippen LogP contribution in [0.3, 0.4) is 0 Å². The normalized spacial score (nSPS) is 13.2. The van der Waals surface area contributed by atoms with E-state index in [4.69, 9.17) is 21.1 Å². The number of hydrogen-bond donors (Lipinski definition) is 2. The third-order valence-electron chi connectivity index (χ3n) is 5.89. The van der Waals surface area contributed by atoms with Gasteiger partial charge >= 0.3 is 0 Å². The molecule has 38 heavy (non-hydrogen) atoms. The number of guanidine groups is 1. The summed E-state index contributed by atoms with van der Waals surface area (Å²) in [6, 6.07) is 15.3. The molecule has 4 aromatic rings. The van der Waals surface area contributed by atoms with E-state index in [-0.39, 0.29) is 12.4 Å². The lowest BCUT2D eigenvalue weighted by Gasteiger charge is -2.13. The van der Waals surface area contributed by atoms with Gasteiger partial charge in [0.15, 0.2) is 0 Å². The molecule has 11 heteroatoms. The van der Waals surface area contributed by atoms with Crippen LogP contribution >= 0.6 is 11.6 Å². The minimum absolute atomic E-state index is 0.200. The maximum atomic E-state index is 13.4. The number of hydrazone groups is 1. The van der Waals surface area contributed by atoms with Crippen LogP contribution in [0.15, 0.2) is 71.0 Å². The first-order chi connectivity index (χ1) is 18.5. The average Bonchev–Trinajstić information content (AvgIpc) is 3.32. The molecule has 0 aliphatic carbocycles. The number of aromatic nitrogens is 2. The van der Waals surface area contributed by atoms with Gasteiger partial charge in [0, 0.05) is 36.3 Å². The molecule has 0 spiro atoms. The molecule has 1 aliphatic heterocycles. The molecule has 5 rings (SSSR count). The highest BCUT2D eigenvalue weighted by molar-refractivity contribution is 6.32. The highest BCUT2D eigenvalue weighted by atomic mass is 35.5. The first kappa shape index (κ1) is 25.2. The maximum Gasteiger partial charge on any atom is 0.214 e. The van der Waals surface area contributed by atoms with Crippen LogP contribution in [-0.2, 0) is 6.61 Å². The van der Waals surface area contributed by atoms with Crippen molar-refractivity contribution in [1.29, 1.82) is 0 Å². The van der Waals surface area contributed by atoms with E-state index in [1.165, 1.54) is 18.5 Å². The van der Waals surface area contributed by atoms with E-state index in [0.717, 1.165) is 24.0 Å². The Kier molecular flexibility index (Phi) is 7.50. The van der Waals surface area contributed by atoms with Gasteiger partial charge in [0.05, 0.1) is 30.4 Å². The lowest BCUT2D eigenvalue weighted by atomic mass is 10.1. The molecule has 0 radical (unpaired) electrons. The van der Waals surface area contributed by atoms with Crippen LogP contribution in [0.1, 0.15) is 11.1 Å². The van der Waals surface area contributed by atoms with E-state index < -0.39 is 0 Å². The largest absolute Gasteiger partial charge is 0.496 e. The first-order valence-corrected chi connectivity index (χ1v) is 12.2. The average molecular weight is 534 g/mol. The molecule has 2 N–H and O–H groups in total. The van der Waals surface area contributed by atoms with Gasteiger partial charge in [-0.1, -0.05) is 23.7 Å². The quantitative estimate of drug-likeness (QED) is 0.243. The first-order valence-electron chi connectivity index (χ1n) is 11.8. The molecule has 0 unspecified atom stereocenters. The predicted molar refractivity (Wildman–Crippen MR) is 147 cm³/mol. The van der Waals surface area contributed by atoms with Crippen LogP contribution in [0.4, 0.5) is 15.9 Å². The van der Waals surface area contributed by atoms with Crippen LogP contribution in [-0.4, -0.2) is 54.3 Å². The summed E-state index contributed by atoms with van der Waals surface area (Å²) in [5.74, 6) is 2.10. The van der Waals surface area contributed by atoms with Gasteiger partial charge in [-0.3, -0.25) is 0 Å². The second kappa shape index (κ2) is 11.3. The molecule has 0 atom stereocenters. The Hall–Kier alpha value is -4.44. The van der Waals surface area contributed by atoms with Crippen molar-refractivity contribution in [2.75, 3.05) is 32.6 Å². The second-order valence-corrected chi connectivity index (χ2v) is 8.93. The van der Waals surface area contributed by atoms with Crippen molar-refractivity contribution >= 4 is 46.2 Å². The smallest absolute Gasteiger partial charge is 0.214 e. The number of aliphatic imine (C=N–C) groups is 1. The van der Waals surface area contributed by atoms with Crippen molar-refractivity contribution in [2.45, 2.75) is 6.61 Å². The van der Waals surface area contributed by atoms with Gasteiger partial charge in [0.1, 0.15) is 36.1 Å². The number of anilines is 2. The van der Waals surface area contributed by atoms with E-state index in [2.05, 4.69) is 30.8 Å². The van der Waals surface area contributed by atoms with Gasteiger partial charge in [-0.25, -0.2) is 24.8 Å². The Morgan fingerprint density at radius 2 is 2.03 bits per heavy atom. The number of rotatable bonds is 8. The van der Waals surface area contributed by atoms with E-state index in [0.29, 0.717) is 45.1 Å². The van der Waals surface area contributed by atoms with Crippen molar-refractivity contribution in [3.8, 4) is 11.5 Å². The van der Waals surface area contributed by atoms with Crippen molar-refractivity contribution < 1.29 is 13.9 Å². The molecule has 0 amide bonds. The summed E-state index contributed by atoms with van der Waals surface area (Å²) in [5.41, 5.74) is 5.83. The van der Waals surface area contributed by atoms with Crippen molar-refractivity contribution in [3.63, 3.8) is 0 Å². The second-order valence-electron chi connectivity index (χ2n) is 8.52.